The number of pyridine rings is 1. The van der Waals surface area contributed by atoms with Crippen molar-refractivity contribution in [2.24, 2.45) is 5.73 Å². The fourth-order valence-electron chi connectivity index (χ4n) is 2.43. The molecule has 0 fully saturated rings. The molecule has 0 aliphatic rings. The van der Waals surface area contributed by atoms with Crippen molar-refractivity contribution >= 4 is 10.9 Å². The summed E-state index contributed by atoms with van der Waals surface area (Å²) in [5, 5.41) is 1.18. The average molecular weight is 254 g/mol. The number of allylic oxidation sites excluding steroid dienone is 1. The number of fused-ring (bicyclic) bond motifs is 1. The first-order valence-electron chi connectivity index (χ1n) is 7.03. The van der Waals surface area contributed by atoms with Crippen molar-refractivity contribution in [3.8, 4) is 0 Å². The molecule has 2 rings (SSSR count). The molecule has 1 unspecified atom stereocenters. The molecule has 0 amide bonds. The number of hydrogen-bond acceptors (Lipinski definition) is 2. The van der Waals surface area contributed by atoms with Crippen molar-refractivity contribution in [1.82, 2.24) is 4.98 Å². The van der Waals surface area contributed by atoms with Gasteiger partial charge in [0, 0.05) is 17.6 Å². The summed E-state index contributed by atoms with van der Waals surface area (Å²) in [6, 6.07) is 10.4. The minimum atomic E-state index is 0.108. The second-order valence-electron chi connectivity index (χ2n) is 4.95. The van der Waals surface area contributed by atoms with Gasteiger partial charge in [-0.3, -0.25) is 4.98 Å². The van der Waals surface area contributed by atoms with Crippen LogP contribution in [0.2, 0.25) is 0 Å². The molecule has 1 aromatic heterocycles. The molecule has 0 radical (unpaired) electrons. The van der Waals surface area contributed by atoms with Gasteiger partial charge in [0.1, 0.15) is 0 Å². The third-order valence-electron chi connectivity index (χ3n) is 3.51. The summed E-state index contributed by atoms with van der Waals surface area (Å²) in [6.45, 7) is 3.74. The summed E-state index contributed by atoms with van der Waals surface area (Å²) in [6.07, 6.45) is 9.59. The first kappa shape index (κ1) is 13.8. The molecule has 1 aromatic carbocycles. The third-order valence-corrected chi connectivity index (χ3v) is 3.51. The smallest absolute Gasteiger partial charge is 0.0705 e. The first-order valence-corrected chi connectivity index (χ1v) is 7.03. The van der Waals surface area contributed by atoms with Gasteiger partial charge in [0.05, 0.1) is 5.52 Å². The highest BCUT2D eigenvalue weighted by Crippen LogP contribution is 2.24. The maximum absolute atomic E-state index is 6.33. The Balaban J connectivity index is 2.01. The second-order valence-corrected chi connectivity index (χ2v) is 4.95. The van der Waals surface area contributed by atoms with Crippen molar-refractivity contribution < 1.29 is 0 Å². The maximum Gasteiger partial charge on any atom is 0.0705 e. The number of hydrogen-bond donors (Lipinski definition) is 1. The predicted octanol–water partition coefficient (Wildman–Crippen LogP) is 4.37. The van der Waals surface area contributed by atoms with Crippen LogP contribution < -0.4 is 5.73 Å². The number of rotatable bonds is 7. The van der Waals surface area contributed by atoms with E-state index in [0.717, 1.165) is 18.4 Å². The fraction of sp³-hybridized carbons (Fsp3) is 0.353. The normalized spacial score (nSPS) is 12.5. The fourth-order valence-corrected chi connectivity index (χ4v) is 2.43. The Morgan fingerprint density at radius 2 is 2.00 bits per heavy atom. The molecule has 1 heterocycles. The van der Waals surface area contributed by atoms with Crippen molar-refractivity contribution in [2.75, 3.05) is 0 Å². The number of benzene rings is 1. The van der Waals surface area contributed by atoms with Gasteiger partial charge in [0.15, 0.2) is 0 Å². The van der Waals surface area contributed by atoms with Crippen molar-refractivity contribution in [3.63, 3.8) is 0 Å². The largest absolute Gasteiger partial charge is 0.324 e. The topological polar surface area (TPSA) is 38.9 Å². The van der Waals surface area contributed by atoms with Crippen LogP contribution in [0.15, 0.2) is 49.2 Å². The molecule has 0 saturated heterocycles. The molecule has 19 heavy (non-hydrogen) atoms. The molecule has 0 aliphatic heterocycles. The zero-order valence-corrected chi connectivity index (χ0v) is 11.4. The summed E-state index contributed by atoms with van der Waals surface area (Å²) in [5.74, 6) is 0. The maximum atomic E-state index is 6.33. The van der Waals surface area contributed by atoms with E-state index < -0.39 is 0 Å². The van der Waals surface area contributed by atoms with Crippen molar-refractivity contribution in [3.05, 3.63) is 54.7 Å². The molecular formula is C17H22N2. The van der Waals surface area contributed by atoms with E-state index >= 15 is 0 Å². The summed E-state index contributed by atoms with van der Waals surface area (Å²) in [4.78, 5) is 4.38. The van der Waals surface area contributed by atoms with Gasteiger partial charge in [0.2, 0.25) is 0 Å². The van der Waals surface area contributed by atoms with E-state index in [2.05, 4.69) is 23.7 Å². The average Bonchev–Trinajstić information content (AvgIpc) is 2.46. The highest BCUT2D eigenvalue weighted by atomic mass is 14.7. The van der Waals surface area contributed by atoms with Crippen LogP contribution in [0.25, 0.3) is 10.9 Å². The summed E-state index contributed by atoms with van der Waals surface area (Å²) in [7, 11) is 0. The van der Waals surface area contributed by atoms with Crippen molar-refractivity contribution in [1.29, 1.82) is 0 Å². The zero-order valence-electron chi connectivity index (χ0n) is 11.4. The van der Waals surface area contributed by atoms with Crippen LogP contribution in [-0.2, 0) is 0 Å². The van der Waals surface area contributed by atoms with Gasteiger partial charge < -0.3 is 5.73 Å². The Kier molecular flexibility index (Phi) is 5.10. The standard InChI is InChI=1S/C17H22N2/c1-2-3-4-5-6-10-16(18)14-12-13-19-17-11-8-7-9-15(14)17/h2,7-9,11-13,16H,1,3-6,10,18H2. The molecule has 2 heteroatoms. The van der Waals surface area contributed by atoms with Gasteiger partial charge in [0.25, 0.3) is 0 Å². The minimum absolute atomic E-state index is 0.108. The molecule has 0 aliphatic carbocycles. The van der Waals surface area contributed by atoms with E-state index in [0.29, 0.717) is 0 Å². The Hall–Kier alpha value is -1.67. The molecule has 2 aromatic rings. The molecular weight excluding hydrogens is 232 g/mol. The number of para-hydroxylation sites is 1. The summed E-state index contributed by atoms with van der Waals surface area (Å²) >= 11 is 0. The van der Waals surface area contributed by atoms with Gasteiger partial charge >= 0.3 is 0 Å². The van der Waals surface area contributed by atoms with E-state index in [1.165, 1.54) is 30.2 Å². The lowest BCUT2D eigenvalue weighted by Gasteiger charge is -2.14. The van der Waals surface area contributed by atoms with E-state index in [4.69, 9.17) is 5.73 Å². The summed E-state index contributed by atoms with van der Waals surface area (Å²) < 4.78 is 0. The van der Waals surface area contributed by atoms with E-state index in [9.17, 15) is 0 Å². The SMILES string of the molecule is C=CCCCCCC(N)c1ccnc2ccccc12. The molecule has 0 spiro atoms. The van der Waals surface area contributed by atoms with E-state index in [1.54, 1.807) is 0 Å². The quantitative estimate of drug-likeness (QED) is 0.588. The van der Waals surface area contributed by atoms with Crippen LogP contribution >= 0.6 is 0 Å². The lowest BCUT2D eigenvalue weighted by atomic mass is 9.98. The van der Waals surface area contributed by atoms with E-state index in [1.807, 2.05) is 30.5 Å². The molecule has 2 nitrogen and oxygen atoms in total. The Morgan fingerprint density at radius 3 is 2.84 bits per heavy atom. The Morgan fingerprint density at radius 1 is 1.16 bits per heavy atom. The van der Waals surface area contributed by atoms with Gasteiger partial charge in [-0.15, -0.1) is 6.58 Å². The third kappa shape index (κ3) is 3.65. The monoisotopic (exact) mass is 254 g/mol. The zero-order chi connectivity index (χ0) is 13.5. The van der Waals surface area contributed by atoms with Gasteiger partial charge in [-0.1, -0.05) is 37.1 Å². The van der Waals surface area contributed by atoms with Crippen LogP contribution in [0.5, 0.6) is 0 Å². The minimum Gasteiger partial charge on any atom is -0.324 e. The lowest BCUT2D eigenvalue weighted by molar-refractivity contribution is 0.574. The van der Waals surface area contributed by atoms with Crippen LogP contribution in [0.1, 0.15) is 43.7 Å². The second kappa shape index (κ2) is 7.05. The van der Waals surface area contributed by atoms with Crippen molar-refractivity contribution in [2.45, 2.75) is 38.1 Å². The molecule has 0 bridgehead atoms. The molecule has 1 atom stereocenters. The van der Waals surface area contributed by atoms with E-state index in [-0.39, 0.29) is 6.04 Å². The van der Waals surface area contributed by atoms with Crippen LogP contribution in [-0.4, -0.2) is 4.98 Å². The van der Waals surface area contributed by atoms with Crippen LogP contribution in [0, 0.1) is 0 Å². The Bertz CT molecular complexity index is 528. The molecule has 100 valence electrons. The number of unbranched alkanes of at least 4 members (excludes halogenated alkanes) is 3. The predicted molar refractivity (Wildman–Crippen MR) is 82.0 cm³/mol. The molecule has 0 saturated carbocycles. The van der Waals surface area contributed by atoms with Crippen LogP contribution in [0.4, 0.5) is 0 Å². The highest BCUT2D eigenvalue weighted by molar-refractivity contribution is 5.82. The van der Waals surface area contributed by atoms with Gasteiger partial charge in [-0.05, 0) is 37.0 Å². The number of nitrogens with zero attached hydrogens (tertiary/aromatic N) is 1. The number of nitrogens with two attached hydrogens (primary N) is 1. The van der Waals surface area contributed by atoms with Gasteiger partial charge in [-0.2, -0.15) is 0 Å². The summed E-state index contributed by atoms with van der Waals surface area (Å²) in [5.41, 5.74) is 8.57. The molecule has 2 N–H and O–H groups in total. The lowest BCUT2D eigenvalue weighted by Crippen LogP contribution is -2.10. The first-order chi connectivity index (χ1) is 9.33. The Labute approximate surface area is 115 Å². The number of aromatic nitrogens is 1. The van der Waals surface area contributed by atoms with Gasteiger partial charge in [-0.25, -0.2) is 0 Å². The highest BCUT2D eigenvalue weighted by Gasteiger charge is 2.09. The van der Waals surface area contributed by atoms with Crippen LogP contribution in [0.3, 0.4) is 0 Å².